The molecule has 174 valence electrons. The SMILES string of the molecule is Cc1cccc(COc2ccc(NC(=O)Cn3c4ccccc4c(=O)c4ccccc43)c(C)c2)c1. The molecule has 5 rings (SSSR count). The molecule has 0 fully saturated rings. The van der Waals surface area contributed by atoms with Crippen molar-refractivity contribution in [2.24, 2.45) is 0 Å². The zero-order chi connectivity index (χ0) is 24.4. The van der Waals surface area contributed by atoms with Gasteiger partial charge in [0.25, 0.3) is 0 Å². The van der Waals surface area contributed by atoms with E-state index in [1.54, 1.807) is 12.1 Å². The first-order valence-electron chi connectivity index (χ1n) is 11.6. The van der Waals surface area contributed by atoms with Gasteiger partial charge in [0.2, 0.25) is 5.91 Å². The molecule has 35 heavy (non-hydrogen) atoms. The lowest BCUT2D eigenvalue weighted by atomic mass is 10.1. The molecule has 0 aliphatic rings. The fourth-order valence-electron chi connectivity index (χ4n) is 4.42. The number of amides is 1. The van der Waals surface area contributed by atoms with E-state index in [4.69, 9.17) is 4.74 Å². The Kier molecular flexibility index (Phi) is 6.06. The topological polar surface area (TPSA) is 60.3 Å². The predicted molar refractivity (Wildman–Crippen MR) is 141 cm³/mol. The molecule has 0 aliphatic carbocycles. The Balaban J connectivity index is 1.36. The fraction of sp³-hybridized carbons (Fsp3) is 0.133. The third kappa shape index (κ3) is 4.66. The summed E-state index contributed by atoms with van der Waals surface area (Å²) in [6, 6.07) is 28.7. The zero-order valence-corrected chi connectivity index (χ0v) is 19.7. The summed E-state index contributed by atoms with van der Waals surface area (Å²) in [5.41, 5.74) is 5.41. The maximum atomic E-state index is 13.1. The van der Waals surface area contributed by atoms with Gasteiger partial charge in [-0.25, -0.2) is 0 Å². The smallest absolute Gasteiger partial charge is 0.244 e. The Labute approximate surface area is 203 Å². The number of nitrogens with zero attached hydrogens (tertiary/aromatic N) is 1. The molecule has 0 unspecified atom stereocenters. The predicted octanol–water partition coefficient (Wildman–Crippen LogP) is 5.99. The molecule has 5 nitrogen and oxygen atoms in total. The van der Waals surface area contributed by atoms with E-state index in [-0.39, 0.29) is 17.9 Å². The van der Waals surface area contributed by atoms with Crippen molar-refractivity contribution in [1.29, 1.82) is 0 Å². The average molecular weight is 463 g/mol. The van der Waals surface area contributed by atoms with Crippen LogP contribution in [0.4, 0.5) is 5.69 Å². The van der Waals surface area contributed by atoms with Gasteiger partial charge >= 0.3 is 0 Å². The number of carbonyl (C=O) groups is 1. The molecular formula is C30H26N2O3. The molecule has 1 N–H and O–H groups in total. The Morgan fingerprint density at radius 2 is 1.51 bits per heavy atom. The van der Waals surface area contributed by atoms with Crippen LogP contribution in [-0.4, -0.2) is 10.5 Å². The van der Waals surface area contributed by atoms with Crippen LogP contribution in [0.2, 0.25) is 0 Å². The maximum absolute atomic E-state index is 13.1. The first-order valence-corrected chi connectivity index (χ1v) is 11.6. The average Bonchev–Trinajstić information content (AvgIpc) is 2.87. The summed E-state index contributed by atoms with van der Waals surface area (Å²) in [6.45, 7) is 4.58. The van der Waals surface area contributed by atoms with Gasteiger partial charge in [0, 0.05) is 16.5 Å². The van der Waals surface area contributed by atoms with Crippen LogP contribution in [0, 0.1) is 13.8 Å². The van der Waals surface area contributed by atoms with Crippen LogP contribution in [0.1, 0.15) is 16.7 Å². The van der Waals surface area contributed by atoms with E-state index in [1.807, 2.05) is 78.2 Å². The third-order valence-electron chi connectivity index (χ3n) is 6.14. The highest BCUT2D eigenvalue weighted by molar-refractivity contribution is 5.97. The summed E-state index contributed by atoms with van der Waals surface area (Å²) in [7, 11) is 0. The van der Waals surface area contributed by atoms with Gasteiger partial charge in [-0.1, -0.05) is 54.1 Å². The molecule has 1 aromatic heterocycles. The molecule has 0 aliphatic heterocycles. The van der Waals surface area contributed by atoms with Crippen LogP contribution in [0.5, 0.6) is 5.75 Å². The molecule has 0 bridgehead atoms. The molecule has 5 heteroatoms. The van der Waals surface area contributed by atoms with E-state index in [2.05, 4.69) is 24.4 Å². The number of hydrogen-bond donors (Lipinski definition) is 1. The van der Waals surface area contributed by atoms with Gasteiger partial charge in [0.1, 0.15) is 18.9 Å². The monoisotopic (exact) mass is 462 g/mol. The minimum Gasteiger partial charge on any atom is -0.489 e. The summed E-state index contributed by atoms with van der Waals surface area (Å²) < 4.78 is 7.84. The molecule has 1 amide bonds. The first-order chi connectivity index (χ1) is 17.0. The number of hydrogen-bond acceptors (Lipinski definition) is 3. The van der Waals surface area contributed by atoms with Crippen LogP contribution in [0.25, 0.3) is 21.8 Å². The second-order valence-electron chi connectivity index (χ2n) is 8.75. The lowest BCUT2D eigenvalue weighted by Gasteiger charge is -2.16. The standard InChI is InChI=1S/C30H26N2O3/c1-20-8-7-9-22(16-20)19-35-23-14-15-26(21(2)17-23)31-29(33)18-32-27-12-5-3-10-24(27)30(34)25-11-4-6-13-28(25)32/h3-17H,18-19H2,1-2H3,(H,31,33). The lowest BCUT2D eigenvalue weighted by molar-refractivity contribution is -0.116. The Morgan fingerprint density at radius 3 is 2.17 bits per heavy atom. The third-order valence-corrected chi connectivity index (χ3v) is 6.14. The molecule has 5 aromatic rings. The zero-order valence-electron chi connectivity index (χ0n) is 19.7. The number of carbonyl (C=O) groups excluding carboxylic acids is 1. The van der Waals surface area contributed by atoms with Crippen LogP contribution < -0.4 is 15.5 Å². The van der Waals surface area contributed by atoms with Gasteiger partial charge in [0.15, 0.2) is 5.43 Å². The number of rotatable bonds is 6. The highest BCUT2D eigenvalue weighted by atomic mass is 16.5. The second-order valence-corrected chi connectivity index (χ2v) is 8.75. The number of anilines is 1. The van der Waals surface area contributed by atoms with Crippen molar-refractivity contribution < 1.29 is 9.53 Å². The van der Waals surface area contributed by atoms with Crippen LogP contribution in [0.3, 0.4) is 0 Å². The van der Waals surface area contributed by atoms with Crippen molar-refractivity contribution in [1.82, 2.24) is 4.57 Å². The number of benzene rings is 4. The number of pyridine rings is 1. The summed E-state index contributed by atoms with van der Waals surface area (Å²) in [4.78, 5) is 26.0. The van der Waals surface area contributed by atoms with Crippen molar-refractivity contribution >= 4 is 33.4 Å². The lowest BCUT2D eigenvalue weighted by Crippen LogP contribution is -2.21. The Morgan fingerprint density at radius 1 is 0.829 bits per heavy atom. The van der Waals surface area contributed by atoms with Gasteiger partial charge < -0.3 is 14.6 Å². The summed E-state index contributed by atoms with van der Waals surface area (Å²) in [5.74, 6) is 0.583. The quantitative estimate of drug-likeness (QED) is 0.315. The highest BCUT2D eigenvalue weighted by Gasteiger charge is 2.14. The first kappa shape index (κ1) is 22.4. The van der Waals surface area contributed by atoms with Crippen LogP contribution in [0.15, 0.2) is 95.8 Å². The summed E-state index contributed by atoms with van der Waals surface area (Å²) >= 11 is 0. The van der Waals surface area contributed by atoms with Crippen molar-refractivity contribution in [2.45, 2.75) is 27.0 Å². The van der Waals surface area contributed by atoms with Crippen molar-refractivity contribution in [3.05, 3.63) is 118 Å². The number of ether oxygens (including phenoxy) is 1. The normalized spacial score (nSPS) is 11.0. The summed E-state index contributed by atoms with van der Waals surface area (Å²) in [6.07, 6.45) is 0. The number of para-hydroxylation sites is 2. The Hall–Kier alpha value is -4.38. The van der Waals surface area contributed by atoms with Crippen molar-refractivity contribution in [3.63, 3.8) is 0 Å². The largest absolute Gasteiger partial charge is 0.489 e. The van der Waals surface area contributed by atoms with Gasteiger partial charge in [-0.15, -0.1) is 0 Å². The molecule has 4 aromatic carbocycles. The molecule has 0 saturated carbocycles. The van der Waals surface area contributed by atoms with Crippen molar-refractivity contribution in [2.75, 3.05) is 5.32 Å². The van der Waals surface area contributed by atoms with Gasteiger partial charge in [-0.3, -0.25) is 9.59 Å². The fourth-order valence-corrected chi connectivity index (χ4v) is 4.42. The molecule has 0 atom stereocenters. The van der Waals surface area contributed by atoms with Crippen LogP contribution >= 0.6 is 0 Å². The van der Waals surface area contributed by atoms with E-state index in [0.717, 1.165) is 33.6 Å². The second kappa shape index (κ2) is 9.47. The van der Waals surface area contributed by atoms with Gasteiger partial charge in [-0.2, -0.15) is 0 Å². The van der Waals surface area contributed by atoms with Crippen molar-refractivity contribution in [3.8, 4) is 5.75 Å². The van der Waals surface area contributed by atoms with E-state index < -0.39 is 0 Å². The molecule has 1 heterocycles. The van der Waals surface area contributed by atoms with E-state index >= 15 is 0 Å². The number of aryl methyl sites for hydroxylation is 2. The minimum atomic E-state index is -0.166. The molecule has 0 saturated heterocycles. The maximum Gasteiger partial charge on any atom is 0.244 e. The minimum absolute atomic E-state index is 0.0232. The Bertz CT molecular complexity index is 1560. The number of nitrogens with one attached hydrogen (secondary N) is 1. The van der Waals surface area contributed by atoms with E-state index in [9.17, 15) is 9.59 Å². The van der Waals surface area contributed by atoms with Crippen LogP contribution in [-0.2, 0) is 17.9 Å². The van der Waals surface area contributed by atoms with Gasteiger partial charge in [-0.05, 0) is 67.4 Å². The van der Waals surface area contributed by atoms with E-state index in [0.29, 0.717) is 17.4 Å². The molecular weight excluding hydrogens is 436 g/mol. The molecule has 0 spiro atoms. The highest BCUT2D eigenvalue weighted by Crippen LogP contribution is 2.23. The summed E-state index contributed by atoms with van der Waals surface area (Å²) in [5, 5.41) is 4.22. The number of aromatic nitrogens is 1. The van der Waals surface area contributed by atoms with E-state index in [1.165, 1.54) is 5.56 Å². The molecule has 0 radical (unpaired) electrons. The van der Waals surface area contributed by atoms with Gasteiger partial charge in [0.05, 0.1) is 11.0 Å². The number of fused-ring (bicyclic) bond motifs is 2.